The molecule has 118 valence electrons. The smallest absolute Gasteiger partial charge is 0.120 e. The van der Waals surface area contributed by atoms with Crippen LogP contribution in [0.4, 0.5) is 0 Å². The molecule has 1 aromatic carbocycles. The lowest BCUT2D eigenvalue weighted by Crippen LogP contribution is -2.25. The van der Waals surface area contributed by atoms with Gasteiger partial charge >= 0.3 is 0 Å². The van der Waals surface area contributed by atoms with Crippen LogP contribution >= 0.6 is 0 Å². The molecule has 21 heavy (non-hydrogen) atoms. The van der Waals surface area contributed by atoms with Gasteiger partial charge in [-0.25, -0.2) is 0 Å². The van der Waals surface area contributed by atoms with Crippen molar-refractivity contribution in [1.82, 2.24) is 5.32 Å². The summed E-state index contributed by atoms with van der Waals surface area (Å²) >= 11 is 0. The Morgan fingerprint density at radius 3 is 3.00 bits per heavy atom. The number of hydrogen-bond acceptors (Lipinski definition) is 3. The molecule has 0 aliphatic heterocycles. The minimum Gasteiger partial charge on any atom is -0.490 e. The molecule has 3 nitrogen and oxygen atoms in total. The molecule has 2 rings (SSSR count). The molecule has 0 aromatic heterocycles. The second-order valence-corrected chi connectivity index (χ2v) is 6.00. The van der Waals surface area contributed by atoms with Gasteiger partial charge in [-0.15, -0.1) is 0 Å². The number of nitrogens with one attached hydrogen (secondary N) is 1. The van der Waals surface area contributed by atoms with Gasteiger partial charge in [0.2, 0.25) is 0 Å². The largest absolute Gasteiger partial charge is 0.490 e. The zero-order chi connectivity index (χ0) is 14.9. The second-order valence-electron chi connectivity index (χ2n) is 6.00. The standard InChI is InChI=1S/C18H29NO2/c1-3-15-6-4-8-17(12-15)21-18-9-5-7-16(13-18)14-19-10-11-20-2/h5,7,9,13,15,17,19H,3-4,6,8,10-12,14H2,1-2H3. The Balaban J connectivity index is 1.82. The lowest BCUT2D eigenvalue weighted by Gasteiger charge is -2.29. The highest BCUT2D eigenvalue weighted by molar-refractivity contribution is 5.28. The quantitative estimate of drug-likeness (QED) is 0.740. The van der Waals surface area contributed by atoms with Crippen molar-refractivity contribution in [1.29, 1.82) is 0 Å². The zero-order valence-corrected chi connectivity index (χ0v) is 13.4. The van der Waals surface area contributed by atoms with Gasteiger partial charge in [0, 0.05) is 20.2 Å². The van der Waals surface area contributed by atoms with Gasteiger partial charge in [0.05, 0.1) is 12.7 Å². The third-order valence-corrected chi connectivity index (χ3v) is 4.33. The summed E-state index contributed by atoms with van der Waals surface area (Å²) in [6.45, 7) is 4.78. The number of methoxy groups -OCH3 is 1. The minimum atomic E-state index is 0.403. The summed E-state index contributed by atoms with van der Waals surface area (Å²) in [5.41, 5.74) is 1.27. The summed E-state index contributed by atoms with van der Waals surface area (Å²) in [6, 6.07) is 8.47. The van der Waals surface area contributed by atoms with Gasteiger partial charge in [-0.05, 0) is 42.9 Å². The summed E-state index contributed by atoms with van der Waals surface area (Å²) in [6.07, 6.45) is 6.78. The zero-order valence-electron chi connectivity index (χ0n) is 13.4. The summed E-state index contributed by atoms with van der Waals surface area (Å²) in [5.74, 6) is 1.87. The molecule has 1 saturated carbocycles. The van der Waals surface area contributed by atoms with Crippen molar-refractivity contribution < 1.29 is 9.47 Å². The lowest BCUT2D eigenvalue weighted by atomic mass is 9.85. The Labute approximate surface area is 129 Å². The van der Waals surface area contributed by atoms with E-state index in [1.807, 2.05) is 0 Å². The molecule has 1 aliphatic rings. The maximum Gasteiger partial charge on any atom is 0.120 e. The highest BCUT2D eigenvalue weighted by atomic mass is 16.5. The van der Waals surface area contributed by atoms with Gasteiger partial charge in [0.15, 0.2) is 0 Å². The third kappa shape index (κ3) is 5.68. The number of benzene rings is 1. The van der Waals surface area contributed by atoms with E-state index >= 15 is 0 Å². The van der Waals surface area contributed by atoms with E-state index in [0.717, 1.165) is 31.4 Å². The van der Waals surface area contributed by atoms with E-state index in [2.05, 4.69) is 36.5 Å². The molecule has 1 fully saturated rings. The molecule has 2 atom stereocenters. The van der Waals surface area contributed by atoms with Gasteiger partial charge in [-0.3, -0.25) is 0 Å². The Hall–Kier alpha value is -1.06. The third-order valence-electron chi connectivity index (χ3n) is 4.33. The minimum absolute atomic E-state index is 0.403. The first kappa shape index (κ1) is 16.3. The monoisotopic (exact) mass is 291 g/mol. The van der Waals surface area contributed by atoms with E-state index in [0.29, 0.717) is 6.10 Å². The first-order chi connectivity index (χ1) is 10.3. The molecule has 1 aliphatic carbocycles. The second kappa shape index (κ2) is 9.06. The van der Waals surface area contributed by atoms with Crippen LogP contribution in [-0.2, 0) is 11.3 Å². The van der Waals surface area contributed by atoms with Crippen molar-refractivity contribution in [2.45, 2.75) is 51.7 Å². The maximum absolute atomic E-state index is 6.20. The van der Waals surface area contributed by atoms with Gasteiger partial charge in [-0.1, -0.05) is 31.9 Å². The Morgan fingerprint density at radius 2 is 2.19 bits per heavy atom. The molecule has 0 radical (unpaired) electrons. The fourth-order valence-corrected chi connectivity index (χ4v) is 3.05. The topological polar surface area (TPSA) is 30.5 Å². The molecule has 0 heterocycles. The van der Waals surface area contributed by atoms with Gasteiger partial charge in [0.25, 0.3) is 0 Å². The van der Waals surface area contributed by atoms with E-state index in [1.54, 1.807) is 7.11 Å². The summed E-state index contributed by atoms with van der Waals surface area (Å²) in [4.78, 5) is 0. The summed E-state index contributed by atoms with van der Waals surface area (Å²) < 4.78 is 11.2. The maximum atomic E-state index is 6.20. The van der Waals surface area contributed by atoms with Crippen molar-refractivity contribution in [3.63, 3.8) is 0 Å². The SMILES string of the molecule is CCC1CCCC(Oc2cccc(CNCCOC)c2)C1. The van der Waals surface area contributed by atoms with Crippen LogP contribution in [0.25, 0.3) is 0 Å². The van der Waals surface area contributed by atoms with Gasteiger partial charge in [-0.2, -0.15) is 0 Å². The van der Waals surface area contributed by atoms with E-state index in [4.69, 9.17) is 9.47 Å². The van der Waals surface area contributed by atoms with Crippen molar-refractivity contribution in [3.8, 4) is 5.75 Å². The molecule has 1 N–H and O–H groups in total. The average Bonchev–Trinajstić information content (AvgIpc) is 2.52. The molecular formula is C18H29NO2. The highest BCUT2D eigenvalue weighted by Gasteiger charge is 2.21. The van der Waals surface area contributed by atoms with E-state index in [9.17, 15) is 0 Å². The number of rotatable bonds is 8. The van der Waals surface area contributed by atoms with Crippen LogP contribution in [0.1, 0.15) is 44.6 Å². The van der Waals surface area contributed by atoms with Crippen molar-refractivity contribution in [3.05, 3.63) is 29.8 Å². The van der Waals surface area contributed by atoms with Crippen LogP contribution in [0.3, 0.4) is 0 Å². The molecule has 0 saturated heterocycles. The molecule has 0 amide bonds. The molecule has 2 unspecified atom stereocenters. The summed E-state index contributed by atoms with van der Waals surface area (Å²) in [5, 5.41) is 3.37. The number of hydrogen-bond donors (Lipinski definition) is 1. The lowest BCUT2D eigenvalue weighted by molar-refractivity contribution is 0.122. The first-order valence-electron chi connectivity index (χ1n) is 8.27. The van der Waals surface area contributed by atoms with E-state index in [1.165, 1.54) is 37.7 Å². The Morgan fingerprint density at radius 1 is 1.29 bits per heavy atom. The molecule has 0 bridgehead atoms. The number of ether oxygens (including phenoxy) is 2. The molecule has 0 spiro atoms. The fourth-order valence-electron chi connectivity index (χ4n) is 3.05. The van der Waals surface area contributed by atoms with Gasteiger partial charge in [0.1, 0.15) is 5.75 Å². The Bertz CT molecular complexity index is 408. The van der Waals surface area contributed by atoms with Crippen molar-refractivity contribution in [2.24, 2.45) is 5.92 Å². The van der Waals surface area contributed by atoms with Crippen LogP contribution in [-0.4, -0.2) is 26.4 Å². The fraction of sp³-hybridized carbons (Fsp3) is 0.667. The summed E-state index contributed by atoms with van der Waals surface area (Å²) in [7, 11) is 1.73. The molecule has 3 heteroatoms. The highest BCUT2D eigenvalue weighted by Crippen LogP contribution is 2.29. The van der Waals surface area contributed by atoms with Crippen LogP contribution in [0.5, 0.6) is 5.75 Å². The van der Waals surface area contributed by atoms with Crippen LogP contribution in [0.2, 0.25) is 0 Å². The van der Waals surface area contributed by atoms with Crippen LogP contribution in [0, 0.1) is 5.92 Å². The van der Waals surface area contributed by atoms with Crippen LogP contribution in [0.15, 0.2) is 24.3 Å². The normalized spacial score (nSPS) is 22.2. The average molecular weight is 291 g/mol. The first-order valence-corrected chi connectivity index (χ1v) is 8.27. The van der Waals surface area contributed by atoms with Crippen molar-refractivity contribution >= 4 is 0 Å². The van der Waals surface area contributed by atoms with Gasteiger partial charge < -0.3 is 14.8 Å². The molecule has 1 aromatic rings. The van der Waals surface area contributed by atoms with Crippen molar-refractivity contribution in [2.75, 3.05) is 20.3 Å². The predicted molar refractivity (Wildman–Crippen MR) is 86.7 cm³/mol. The van der Waals surface area contributed by atoms with E-state index in [-0.39, 0.29) is 0 Å². The van der Waals surface area contributed by atoms with E-state index < -0.39 is 0 Å². The Kier molecular flexibility index (Phi) is 7.04. The van der Waals surface area contributed by atoms with Crippen LogP contribution < -0.4 is 10.1 Å². The predicted octanol–water partition coefficient (Wildman–Crippen LogP) is 3.77. The molecular weight excluding hydrogens is 262 g/mol.